The van der Waals surface area contributed by atoms with E-state index in [1.165, 1.54) is 16.6 Å². The summed E-state index contributed by atoms with van der Waals surface area (Å²) in [5.74, 6) is 0. The average molecular weight is 446 g/mol. The zero-order chi connectivity index (χ0) is 23.7. The molecule has 33 heavy (non-hydrogen) atoms. The fourth-order valence-electron chi connectivity index (χ4n) is 5.49. The Morgan fingerprint density at radius 2 is 1.82 bits per heavy atom. The number of benzene rings is 1. The van der Waals surface area contributed by atoms with Crippen molar-refractivity contribution in [2.75, 3.05) is 19.7 Å². The lowest BCUT2D eigenvalue weighted by Gasteiger charge is -2.46. The smallest absolute Gasteiger partial charge is 0.0705 e. The van der Waals surface area contributed by atoms with Gasteiger partial charge in [-0.25, -0.2) is 0 Å². The van der Waals surface area contributed by atoms with Gasteiger partial charge in [0, 0.05) is 47.1 Å². The van der Waals surface area contributed by atoms with Crippen LogP contribution in [0.2, 0.25) is 0 Å². The van der Waals surface area contributed by atoms with Crippen molar-refractivity contribution in [2.45, 2.75) is 71.9 Å². The van der Waals surface area contributed by atoms with Crippen molar-refractivity contribution >= 4 is 10.9 Å². The molecule has 3 aromatic rings. The van der Waals surface area contributed by atoms with Crippen LogP contribution in [-0.4, -0.2) is 40.2 Å². The van der Waals surface area contributed by atoms with Crippen LogP contribution < -0.4 is 0 Å². The van der Waals surface area contributed by atoms with Gasteiger partial charge in [0.25, 0.3) is 0 Å². The Kier molecular flexibility index (Phi) is 6.61. The quantitative estimate of drug-likeness (QED) is 0.407. The monoisotopic (exact) mass is 445 g/mol. The molecular weight excluding hydrogens is 406 g/mol. The third-order valence-electron chi connectivity index (χ3n) is 8.06. The molecule has 0 unspecified atom stereocenters. The number of pyridine rings is 2. The summed E-state index contributed by atoms with van der Waals surface area (Å²) in [7, 11) is 0. The number of rotatable bonds is 8. The Morgan fingerprint density at radius 3 is 2.55 bits per heavy atom. The van der Waals surface area contributed by atoms with Gasteiger partial charge in [-0.15, -0.1) is 0 Å². The van der Waals surface area contributed by atoms with Crippen molar-refractivity contribution < 1.29 is 4.74 Å². The van der Waals surface area contributed by atoms with Crippen molar-refractivity contribution in [1.82, 2.24) is 14.9 Å². The van der Waals surface area contributed by atoms with Crippen LogP contribution in [0.25, 0.3) is 10.9 Å². The maximum atomic E-state index is 6.40. The molecule has 0 spiro atoms. The number of aromatic nitrogens is 2. The molecule has 4 nitrogen and oxygen atoms in total. The summed E-state index contributed by atoms with van der Waals surface area (Å²) in [6, 6.07) is 17.1. The second-order valence-electron chi connectivity index (χ2n) is 10.6. The zero-order valence-corrected chi connectivity index (χ0v) is 21.2. The first-order valence-electron chi connectivity index (χ1n) is 12.3. The molecule has 1 aliphatic heterocycles. The van der Waals surface area contributed by atoms with E-state index in [1.54, 1.807) is 0 Å². The van der Waals surface area contributed by atoms with E-state index in [0.717, 1.165) is 50.2 Å². The van der Waals surface area contributed by atoms with E-state index in [-0.39, 0.29) is 16.6 Å². The van der Waals surface area contributed by atoms with Crippen LogP contribution in [0.3, 0.4) is 0 Å². The third-order valence-corrected chi connectivity index (χ3v) is 8.06. The van der Waals surface area contributed by atoms with Gasteiger partial charge in [0.1, 0.15) is 0 Å². The number of hydrogen-bond donors (Lipinski definition) is 0. The molecule has 1 aliphatic rings. The van der Waals surface area contributed by atoms with Crippen molar-refractivity contribution in [3.8, 4) is 0 Å². The van der Waals surface area contributed by atoms with Crippen LogP contribution in [0.15, 0.2) is 54.7 Å². The van der Waals surface area contributed by atoms with Gasteiger partial charge in [-0.1, -0.05) is 30.3 Å². The molecule has 0 N–H and O–H groups in total. The molecule has 1 saturated heterocycles. The summed E-state index contributed by atoms with van der Waals surface area (Å²) in [5.41, 5.74) is 4.35. The molecule has 0 bridgehead atoms. The molecule has 0 saturated carbocycles. The first-order valence-corrected chi connectivity index (χ1v) is 12.3. The fraction of sp³-hybridized carbons (Fsp3) is 0.517. The first kappa shape index (κ1) is 23.8. The molecule has 1 fully saturated rings. The van der Waals surface area contributed by atoms with Crippen LogP contribution in [0.4, 0.5) is 0 Å². The maximum Gasteiger partial charge on any atom is 0.0705 e. The van der Waals surface area contributed by atoms with Gasteiger partial charge in [0.05, 0.1) is 11.1 Å². The van der Waals surface area contributed by atoms with E-state index in [2.05, 4.69) is 93.0 Å². The lowest BCUT2D eigenvalue weighted by atomic mass is 9.69. The molecule has 1 atom stereocenters. The van der Waals surface area contributed by atoms with Crippen LogP contribution in [0.1, 0.15) is 64.4 Å². The molecule has 0 radical (unpaired) electrons. The molecule has 176 valence electrons. The summed E-state index contributed by atoms with van der Waals surface area (Å²) in [5, 5.41) is 1.20. The summed E-state index contributed by atoms with van der Waals surface area (Å²) < 4.78 is 6.40. The minimum atomic E-state index is -0.213. The van der Waals surface area contributed by atoms with E-state index < -0.39 is 0 Å². The number of hydrogen-bond acceptors (Lipinski definition) is 4. The summed E-state index contributed by atoms with van der Waals surface area (Å²) in [4.78, 5) is 12.2. The third kappa shape index (κ3) is 4.69. The molecule has 4 heteroatoms. The van der Waals surface area contributed by atoms with E-state index in [0.29, 0.717) is 0 Å². The average Bonchev–Trinajstić information content (AvgIpc) is 3.25. The highest BCUT2D eigenvalue weighted by atomic mass is 16.5. The Balaban J connectivity index is 1.59. The van der Waals surface area contributed by atoms with Crippen molar-refractivity contribution in [3.05, 3.63) is 71.7 Å². The topological polar surface area (TPSA) is 38.2 Å². The Morgan fingerprint density at radius 1 is 1.03 bits per heavy atom. The van der Waals surface area contributed by atoms with Crippen LogP contribution in [0, 0.1) is 12.3 Å². The molecule has 2 aromatic heterocycles. The van der Waals surface area contributed by atoms with Crippen LogP contribution in [-0.2, 0) is 16.7 Å². The highest BCUT2D eigenvalue weighted by Gasteiger charge is 2.52. The molecule has 0 aliphatic carbocycles. The Bertz CT molecular complexity index is 1090. The summed E-state index contributed by atoms with van der Waals surface area (Å²) >= 11 is 0. The fourth-order valence-corrected chi connectivity index (χ4v) is 5.49. The van der Waals surface area contributed by atoms with E-state index >= 15 is 0 Å². The van der Waals surface area contributed by atoms with Crippen molar-refractivity contribution in [1.29, 1.82) is 0 Å². The van der Waals surface area contributed by atoms with E-state index in [1.807, 2.05) is 13.1 Å². The maximum absolute atomic E-state index is 6.40. The van der Waals surface area contributed by atoms with Crippen molar-refractivity contribution in [3.63, 3.8) is 0 Å². The lowest BCUT2D eigenvalue weighted by molar-refractivity contribution is -0.109. The SMILES string of the molecule is CCOC(C)(C)[C@]1(CCc2ccc3ccccc3n2)CCN(C(C)(C)c2ccc(C)nc2)C1. The van der Waals surface area contributed by atoms with Gasteiger partial charge >= 0.3 is 0 Å². The molecule has 1 aromatic carbocycles. The summed E-state index contributed by atoms with van der Waals surface area (Å²) in [6.45, 7) is 16.2. The second kappa shape index (κ2) is 9.15. The van der Waals surface area contributed by atoms with E-state index in [4.69, 9.17) is 9.72 Å². The predicted octanol–water partition coefficient (Wildman–Crippen LogP) is 6.31. The molecular formula is C29H39N3O. The lowest BCUT2D eigenvalue weighted by Crippen LogP contribution is -2.50. The first-order chi connectivity index (χ1) is 15.7. The van der Waals surface area contributed by atoms with Gasteiger partial charge in [-0.05, 0) is 91.1 Å². The number of para-hydroxylation sites is 1. The van der Waals surface area contributed by atoms with Crippen LogP contribution >= 0.6 is 0 Å². The van der Waals surface area contributed by atoms with Gasteiger partial charge in [-0.2, -0.15) is 0 Å². The Labute approximate surface area is 199 Å². The highest BCUT2D eigenvalue weighted by molar-refractivity contribution is 5.78. The number of likely N-dealkylation sites (tertiary alicyclic amines) is 1. The molecule has 3 heterocycles. The number of ether oxygens (including phenoxy) is 1. The van der Waals surface area contributed by atoms with Crippen LogP contribution in [0.5, 0.6) is 0 Å². The standard InChI is InChI=1S/C29H39N3O/c1-7-33-28(5,6)29(17-16-25-15-13-23-10-8-9-11-26(23)31-25)18-19-32(21-29)27(3,4)24-14-12-22(2)30-20-24/h8-15,20H,7,16-19,21H2,1-6H3/t29-/m1/s1. The zero-order valence-electron chi connectivity index (χ0n) is 21.2. The van der Waals surface area contributed by atoms with Gasteiger partial charge in [-0.3, -0.25) is 14.9 Å². The minimum absolute atomic E-state index is 0.0612. The van der Waals surface area contributed by atoms with E-state index in [9.17, 15) is 0 Å². The largest absolute Gasteiger partial charge is 0.375 e. The number of nitrogens with zero attached hydrogens (tertiary/aromatic N) is 3. The minimum Gasteiger partial charge on any atom is -0.375 e. The highest BCUT2D eigenvalue weighted by Crippen LogP contribution is 2.49. The Hall–Kier alpha value is -2.30. The second-order valence-corrected chi connectivity index (χ2v) is 10.6. The van der Waals surface area contributed by atoms with Gasteiger partial charge in [0.2, 0.25) is 0 Å². The van der Waals surface area contributed by atoms with Gasteiger partial charge in [0.15, 0.2) is 0 Å². The summed E-state index contributed by atoms with van der Waals surface area (Å²) in [6.07, 6.45) is 5.18. The number of fused-ring (bicyclic) bond motifs is 1. The molecule has 4 rings (SSSR count). The van der Waals surface area contributed by atoms with Gasteiger partial charge < -0.3 is 4.74 Å². The predicted molar refractivity (Wildman–Crippen MR) is 136 cm³/mol. The van der Waals surface area contributed by atoms with Crippen molar-refractivity contribution in [2.24, 2.45) is 5.41 Å². The molecule has 0 amide bonds. The number of aryl methyl sites for hydroxylation is 2. The normalized spacial score (nSPS) is 19.9.